The van der Waals surface area contributed by atoms with Gasteiger partial charge in [0.25, 0.3) is 0 Å². The van der Waals surface area contributed by atoms with Gasteiger partial charge in [0.2, 0.25) is 0 Å². The van der Waals surface area contributed by atoms with E-state index in [9.17, 15) is 0 Å². The molecular formula is C14H13N3O. The summed E-state index contributed by atoms with van der Waals surface area (Å²) in [5, 5.41) is 8.16. The van der Waals surface area contributed by atoms with E-state index in [4.69, 9.17) is 4.52 Å². The Labute approximate surface area is 105 Å². The molecule has 0 unspecified atom stereocenters. The predicted molar refractivity (Wildman–Crippen MR) is 70.3 cm³/mol. The van der Waals surface area contributed by atoms with E-state index >= 15 is 0 Å². The quantitative estimate of drug-likeness (QED) is 0.762. The molecule has 1 N–H and O–H groups in total. The third-order valence-electron chi connectivity index (χ3n) is 2.79. The van der Waals surface area contributed by atoms with Crippen molar-refractivity contribution in [1.29, 1.82) is 0 Å². The molecule has 2 aromatic heterocycles. The lowest BCUT2D eigenvalue weighted by atomic mass is 10.1. The van der Waals surface area contributed by atoms with E-state index in [1.807, 2.05) is 37.3 Å². The van der Waals surface area contributed by atoms with Crippen LogP contribution in [0.25, 0.3) is 10.9 Å². The Balaban J connectivity index is 1.95. The topological polar surface area (TPSA) is 51.0 Å². The molecule has 0 fully saturated rings. The molecule has 3 aromatic rings. The first-order valence-electron chi connectivity index (χ1n) is 5.83. The molecule has 4 nitrogen and oxygen atoms in total. The van der Waals surface area contributed by atoms with Crippen molar-refractivity contribution in [3.63, 3.8) is 0 Å². The molecule has 0 bridgehead atoms. The number of nitrogens with zero attached hydrogens (tertiary/aromatic N) is 2. The molecule has 0 aliphatic rings. The highest BCUT2D eigenvalue weighted by atomic mass is 16.5. The second kappa shape index (κ2) is 4.49. The second-order valence-electron chi connectivity index (χ2n) is 4.16. The third kappa shape index (κ3) is 2.05. The fourth-order valence-corrected chi connectivity index (χ4v) is 1.97. The van der Waals surface area contributed by atoms with Crippen molar-refractivity contribution in [2.45, 2.75) is 13.5 Å². The number of anilines is 1. The van der Waals surface area contributed by atoms with Gasteiger partial charge in [0.05, 0.1) is 18.3 Å². The summed E-state index contributed by atoms with van der Waals surface area (Å²) in [6.07, 6.45) is 1.65. The fourth-order valence-electron chi connectivity index (χ4n) is 1.97. The molecule has 2 heterocycles. The van der Waals surface area contributed by atoms with Crippen molar-refractivity contribution in [2.24, 2.45) is 0 Å². The van der Waals surface area contributed by atoms with Crippen molar-refractivity contribution in [3.05, 3.63) is 54.0 Å². The molecule has 0 saturated carbocycles. The number of nitrogens with one attached hydrogen (secondary N) is 1. The molecule has 0 aliphatic carbocycles. The summed E-state index contributed by atoms with van der Waals surface area (Å²) >= 11 is 0. The molecule has 0 spiro atoms. The maximum absolute atomic E-state index is 5.07. The van der Waals surface area contributed by atoms with Gasteiger partial charge < -0.3 is 9.84 Å². The van der Waals surface area contributed by atoms with Gasteiger partial charge in [-0.1, -0.05) is 23.4 Å². The number of hydrogen-bond acceptors (Lipinski definition) is 4. The molecule has 1 aromatic carbocycles. The molecular weight excluding hydrogens is 226 g/mol. The van der Waals surface area contributed by atoms with E-state index in [0.29, 0.717) is 6.54 Å². The van der Waals surface area contributed by atoms with Gasteiger partial charge in [0.1, 0.15) is 0 Å². The van der Waals surface area contributed by atoms with Crippen LogP contribution < -0.4 is 5.32 Å². The fraction of sp³-hybridized carbons (Fsp3) is 0.143. The summed E-state index contributed by atoms with van der Waals surface area (Å²) in [5.41, 5.74) is 3.06. The number of pyridine rings is 1. The lowest BCUT2D eigenvalue weighted by molar-refractivity contribution is 0.388. The number of fused-ring (bicyclic) bond motifs is 1. The van der Waals surface area contributed by atoms with Crippen LogP contribution in [0.15, 0.2) is 47.1 Å². The minimum atomic E-state index is 0.618. The van der Waals surface area contributed by atoms with Crippen LogP contribution >= 0.6 is 0 Å². The zero-order chi connectivity index (χ0) is 12.4. The van der Waals surface area contributed by atoms with Crippen molar-refractivity contribution in [3.8, 4) is 0 Å². The first-order chi connectivity index (χ1) is 8.83. The van der Waals surface area contributed by atoms with Crippen LogP contribution in [0.2, 0.25) is 0 Å². The highest BCUT2D eigenvalue weighted by Gasteiger charge is 2.04. The zero-order valence-electron chi connectivity index (χ0n) is 10.1. The maximum atomic E-state index is 5.07. The van der Waals surface area contributed by atoms with Crippen LogP contribution in [0.3, 0.4) is 0 Å². The Morgan fingerprint density at radius 2 is 2.11 bits per heavy atom. The number of aromatic nitrogens is 2. The number of para-hydroxylation sites is 1. The van der Waals surface area contributed by atoms with E-state index < -0.39 is 0 Å². The normalized spacial score (nSPS) is 10.7. The molecule has 3 rings (SSSR count). The SMILES string of the molecule is Cc1cc(NCc2ccno2)c2ccccc2n1. The van der Waals surface area contributed by atoms with E-state index in [1.54, 1.807) is 6.20 Å². The van der Waals surface area contributed by atoms with Gasteiger partial charge in [-0.3, -0.25) is 4.98 Å². The Morgan fingerprint density at radius 1 is 1.22 bits per heavy atom. The van der Waals surface area contributed by atoms with Gasteiger partial charge in [0, 0.05) is 22.8 Å². The smallest absolute Gasteiger partial charge is 0.155 e. The molecule has 0 saturated heterocycles. The van der Waals surface area contributed by atoms with E-state index in [1.165, 1.54) is 0 Å². The van der Waals surface area contributed by atoms with Crippen LogP contribution in [0.4, 0.5) is 5.69 Å². The van der Waals surface area contributed by atoms with Crippen molar-refractivity contribution in [2.75, 3.05) is 5.32 Å². The standard InChI is InChI=1S/C14H13N3O/c1-10-8-14(15-9-11-6-7-16-18-11)12-4-2-3-5-13(12)17-10/h2-8H,9H2,1H3,(H,15,17). The molecule has 0 amide bonds. The molecule has 0 atom stereocenters. The van der Waals surface area contributed by atoms with Gasteiger partial charge in [-0.25, -0.2) is 0 Å². The second-order valence-corrected chi connectivity index (χ2v) is 4.16. The zero-order valence-corrected chi connectivity index (χ0v) is 10.1. The molecule has 4 heteroatoms. The van der Waals surface area contributed by atoms with Gasteiger partial charge in [0.15, 0.2) is 5.76 Å². The summed E-state index contributed by atoms with van der Waals surface area (Å²) in [4.78, 5) is 4.51. The average Bonchev–Trinajstić information content (AvgIpc) is 2.89. The molecule has 0 aliphatic heterocycles. The van der Waals surface area contributed by atoms with E-state index in [-0.39, 0.29) is 0 Å². The largest absolute Gasteiger partial charge is 0.377 e. The minimum Gasteiger partial charge on any atom is -0.377 e. The summed E-state index contributed by atoms with van der Waals surface area (Å²) in [6, 6.07) is 12.0. The Morgan fingerprint density at radius 3 is 2.94 bits per heavy atom. The van der Waals surface area contributed by atoms with E-state index in [0.717, 1.165) is 28.0 Å². The summed E-state index contributed by atoms with van der Waals surface area (Å²) in [6.45, 7) is 2.61. The lowest BCUT2D eigenvalue weighted by Crippen LogP contribution is -2.00. The summed E-state index contributed by atoms with van der Waals surface area (Å²) in [7, 11) is 0. The highest BCUT2D eigenvalue weighted by Crippen LogP contribution is 2.23. The number of benzene rings is 1. The van der Waals surface area contributed by atoms with Crippen LogP contribution in [-0.4, -0.2) is 10.1 Å². The highest BCUT2D eigenvalue weighted by molar-refractivity contribution is 5.91. The first kappa shape index (κ1) is 10.8. The van der Waals surface area contributed by atoms with Crippen molar-refractivity contribution < 1.29 is 4.52 Å². The monoisotopic (exact) mass is 239 g/mol. The molecule has 90 valence electrons. The summed E-state index contributed by atoms with van der Waals surface area (Å²) in [5.74, 6) is 0.813. The maximum Gasteiger partial charge on any atom is 0.155 e. The van der Waals surface area contributed by atoms with Crippen molar-refractivity contribution in [1.82, 2.24) is 10.1 Å². The number of hydrogen-bond donors (Lipinski definition) is 1. The van der Waals surface area contributed by atoms with Gasteiger partial charge in [-0.15, -0.1) is 0 Å². The minimum absolute atomic E-state index is 0.618. The Bertz CT molecular complexity index is 662. The van der Waals surface area contributed by atoms with Crippen LogP contribution in [0, 0.1) is 6.92 Å². The average molecular weight is 239 g/mol. The van der Waals surface area contributed by atoms with Crippen LogP contribution in [0.1, 0.15) is 11.5 Å². The third-order valence-corrected chi connectivity index (χ3v) is 2.79. The van der Waals surface area contributed by atoms with Gasteiger partial charge in [-0.05, 0) is 19.1 Å². The Kier molecular flexibility index (Phi) is 2.68. The van der Waals surface area contributed by atoms with Crippen LogP contribution in [0.5, 0.6) is 0 Å². The lowest BCUT2D eigenvalue weighted by Gasteiger charge is -2.09. The van der Waals surface area contributed by atoms with Crippen LogP contribution in [-0.2, 0) is 6.54 Å². The molecule has 0 radical (unpaired) electrons. The van der Waals surface area contributed by atoms with Crippen molar-refractivity contribution >= 4 is 16.6 Å². The van der Waals surface area contributed by atoms with E-state index in [2.05, 4.69) is 21.5 Å². The molecule has 18 heavy (non-hydrogen) atoms. The predicted octanol–water partition coefficient (Wildman–Crippen LogP) is 3.14. The first-order valence-corrected chi connectivity index (χ1v) is 5.83. The van der Waals surface area contributed by atoms with Gasteiger partial charge >= 0.3 is 0 Å². The Hall–Kier alpha value is -2.36. The summed E-state index contributed by atoms with van der Waals surface area (Å²) < 4.78 is 5.07. The van der Waals surface area contributed by atoms with Gasteiger partial charge in [-0.2, -0.15) is 0 Å². The number of aryl methyl sites for hydroxylation is 1. The number of rotatable bonds is 3.